The van der Waals surface area contributed by atoms with Gasteiger partial charge in [0, 0.05) is 23.0 Å². The van der Waals surface area contributed by atoms with Gasteiger partial charge in [-0.25, -0.2) is 0 Å². The molecule has 2 heteroatoms. The van der Waals surface area contributed by atoms with Gasteiger partial charge < -0.3 is 5.32 Å². The lowest BCUT2D eigenvalue weighted by molar-refractivity contribution is 0.570. The molecule has 0 aliphatic rings. The highest BCUT2D eigenvalue weighted by molar-refractivity contribution is 5.84. The smallest absolute Gasteiger partial charge is 0.0711 e. The number of fused-ring (bicyclic) bond motifs is 1. The topological polar surface area (TPSA) is 24.9 Å². The van der Waals surface area contributed by atoms with Gasteiger partial charge in [-0.15, -0.1) is 0 Å². The number of nitrogens with zero attached hydrogens (tertiary/aromatic N) is 1. The first-order valence-corrected chi connectivity index (χ1v) is 6.89. The van der Waals surface area contributed by atoms with E-state index in [0.717, 1.165) is 17.8 Å². The number of aromatic nitrogens is 1. The Balaban J connectivity index is 2.75. The number of benzene rings is 1. The van der Waals surface area contributed by atoms with Gasteiger partial charge in [-0.2, -0.15) is 0 Å². The van der Waals surface area contributed by atoms with Gasteiger partial charge in [0.15, 0.2) is 0 Å². The van der Waals surface area contributed by atoms with E-state index in [0.29, 0.717) is 0 Å². The highest BCUT2D eigenvalue weighted by Crippen LogP contribution is 2.27. The molecule has 0 aliphatic heterocycles. The minimum atomic E-state index is 0.0788. The summed E-state index contributed by atoms with van der Waals surface area (Å²) in [4.78, 5) is 4.86. The van der Waals surface area contributed by atoms with Gasteiger partial charge in [-0.05, 0) is 55.8 Å². The molecule has 0 saturated heterocycles. The molecule has 0 atom stereocenters. The molecule has 0 spiro atoms. The average molecular weight is 256 g/mol. The monoisotopic (exact) mass is 256 g/mol. The first-order valence-electron chi connectivity index (χ1n) is 6.89. The maximum Gasteiger partial charge on any atom is 0.0711 e. The summed E-state index contributed by atoms with van der Waals surface area (Å²) in [6, 6.07) is 6.71. The summed E-state index contributed by atoms with van der Waals surface area (Å²) >= 11 is 0. The summed E-state index contributed by atoms with van der Waals surface area (Å²) in [7, 11) is 1.99. The molecule has 0 saturated carbocycles. The third-order valence-corrected chi connectivity index (χ3v) is 3.65. The second-order valence-electron chi connectivity index (χ2n) is 6.40. The van der Waals surface area contributed by atoms with Gasteiger partial charge in [-0.3, -0.25) is 4.98 Å². The molecule has 2 nitrogen and oxygen atoms in total. The van der Waals surface area contributed by atoms with Crippen LogP contribution in [0.15, 0.2) is 18.2 Å². The third-order valence-electron chi connectivity index (χ3n) is 3.65. The Morgan fingerprint density at radius 3 is 2.26 bits per heavy atom. The van der Waals surface area contributed by atoms with Crippen molar-refractivity contribution in [1.82, 2.24) is 10.3 Å². The van der Waals surface area contributed by atoms with E-state index in [1.165, 1.54) is 22.1 Å². The Hall–Kier alpha value is -1.41. The first-order chi connectivity index (χ1) is 8.82. The zero-order valence-electron chi connectivity index (χ0n) is 12.9. The molecule has 2 rings (SSSR count). The first kappa shape index (κ1) is 14.0. The molecule has 1 aromatic heterocycles. The summed E-state index contributed by atoms with van der Waals surface area (Å²) in [5.41, 5.74) is 6.32. The van der Waals surface area contributed by atoms with E-state index in [2.05, 4.69) is 58.1 Å². The fourth-order valence-corrected chi connectivity index (χ4v) is 2.28. The lowest BCUT2D eigenvalue weighted by Gasteiger charge is -2.20. The van der Waals surface area contributed by atoms with Crippen molar-refractivity contribution < 1.29 is 0 Å². The van der Waals surface area contributed by atoms with E-state index in [1.54, 1.807) is 0 Å². The maximum absolute atomic E-state index is 4.86. The summed E-state index contributed by atoms with van der Waals surface area (Å²) in [5, 5.41) is 4.53. The van der Waals surface area contributed by atoms with Gasteiger partial charge in [0.25, 0.3) is 0 Å². The van der Waals surface area contributed by atoms with Crippen LogP contribution >= 0.6 is 0 Å². The molecule has 1 heterocycles. The highest BCUT2D eigenvalue weighted by atomic mass is 14.8. The van der Waals surface area contributed by atoms with Crippen molar-refractivity contribution in [1.29, 1.82) is 0 Å². The van der Waals surface area contributed by atoms with Crippen LogP contribution in [0.5, 0.6) is 0 Å². The summed E-state index contributed by atoms with van der Waals surface area (Å²) < 4.78 is 0. The fourth-order valence-electron chi connectivity index (χ4n) is 2.28. The summed E-state index contributed by atoms with van der Waals surface area (Å²) in [6.45, 7) is 11.8. The maximum atomic E-state index is 4.86. The van der Waals surface area contributed by atoms with Gasteiger partial charge in [-0.1, -0.05) is 20.8 Å². The van der Waals surface area contributed by atoms with Crippen LogP contribution in [0.4, 0.5) is 0 Å². The van der Waals surface area contributed by atoms with E-state index in [9.17, 15) is 0 Å². The number of hydrogen-bond acceptors (Lipinski definition) is 2. The molecule has 1 N–H and O–H groups in total. The zero-order chi connectivity index (χ0) is 14.2. The van der Waals surface area contributed by atoms with Crippen LogP contribution in [0.25, 0.3) is 10.9 Å². The van der Waals surface area contributed by atoms with Crippen LogP contribution in [0.3, 0.4) is 0 Å². The van der Waals surface area contributed by atoms with Gasteiger partial charge in [0.05, 0.1) is 5.52 Å². The van der Waals surface area contributed by atoms with Crippen LogP contribution in [-0.4, -0.2) is 12.0 Å². The molecule has 1 aromatic carbocycles. The third kappa shape index (κ3) is 2.79. The highest BCUT2D eigenvalue weighted by Gasteiger charge is 2.18. The second-order valence-corrected chi connectivity index (χ2v) is 6.40. The average Bonchev–Trinajstić information content (AvgIpc) is 2.30. The Labute approximate surface area is 116 Å². The lowest BCUT2D eigenvalue weighted by atomic mass is 9.89. The molecule has 0 aliphatic carbocycles. The molecular formula is C17H24N2. The van der Waals surface area contributed by atoms with E-state index >= 15 is 0 Å². The van der Waals surface area contributed by atoms with Crippen LogP contribution in [0, 0.1) is 13.8 Å². The molecule has 102 valence electrons. The Bertz CT molecular complexity index is 607. The Morgan fingerprint density at radius 1 is 1.05 bits per heavy atom. The molecule has 19 heavy (non-hydrogen) atoms. The fraction of sp³-hybridized carbons (Fsp3) is 0.471. The van der Waals surface area contributed by atoms with Gasteiger partial charge in [0.2, 0.25) is 0 Å². The number of pyridine rings is 1. The van der Waals surface area contributed by atoms with E-state index in [4.69, 9.17) is 4.98 Å². The quantitative estimate of drug-likeness (QED) is 0.882. The molecule has 0 radical (unpaired) electrons. The lowest BCUT2D eigenvalue weighted by Crippen LogP contribution is -2.16. The van der Waals surface area contributed by atoms with Crippen molar-refractivity contribution in [3.63, 3.8) is 0 Å². The second kappa shape index (κ2) is 4.93. The van der Waals surface area contributed by atoms with E-state index < -0.39 is 0 Å². The van der Waals surface area contributed by atoms with Crippen molar-refractivity contribution in [2.75, 3.05) is 7.05 Å². The van der Waals surface area contributed by atoms with Crippen molar-refractivity contribution in [2.45, 2.75) is 46.6 Å². The number of rotatable bonds is 2. The minimum Gasteiger partial charge on any atom is -0.316 e. The van der Waals surface area contributed by atoms with E-state index in [1.807, 2.05) is 7.05 Å². The molecular weight excluding hydrogens is 232 g/mol. The molecule has 0 amide bonds. The van der Waals surface area contributed by atoms with Crippen LogP contribution < -0.4 is 5.32 Å². The molecule has 2 aromatic rings. The molecule has 0 bridgehead atoms. The van der Waals surface area contributed by atoms with Crippen molar-refractivity contribution in [2.24, 2.45) is 0 Å². The predicted molar refractivity (Wildman–Crippen MR) is 82.7 cm³/mol. The zero-order valence-corrected chi connectivity index (χ0v) is 12.9. The molecule has 0 unspecified atom stereocenters. The van der Waals surface area contributed by atoms with Crippen molar-refractivity contribution in [3.8, 4) is 0 Å². The number of nitrogens with one attached hydrogen (secondary N) is 1. The predicted octanol–water partition coefficient (Wildman–Crippen LogP) is 3.87. The van der Waals surface area contributed by atoms with Crippen molar-refractivity contribution >= 4 is 10.9 Å². The minimum absolute atomic E-state index is 0.0788. The molecule has 0 fully saturated rings. The Morgan fingerprint density at radius 2 is 1.68 bits per heavy atom. The Kier molecular flexibility index (Phi) is 3.64. The van der Waals surface area contributed by atoms with Crippen molar-refractivity contribution in [3.05, 3.63) is 40.6 Å². The number of aryl methyl sites for hydroxylation is 2. The summed E-state index contributed by atoms with van der Waals surface area (Å²) in [5.74, 6) is 0. The SMILES string of the molecule is CNCc1cc(C(C)(C)C)nc2cc(C)c(C)cc12. The summed E-state index contributed by atoms with van der Waals surface area (Å²) in [6.07, 6.45) is 0. The number of hydrogen-bond donors (Lipinski definition) is 1. The van der Waals surface area contributed by atoms with Crippen LogP contribution in [-0.2, 0) is 12.0 Å². The van der Waals surface area contributed by atoms with Gasteiger partial charge in [0.1, 0.15) is 0 Å². The van der Waals surface area contributed by atoms with Crippen LogP contribution in [0.1, 0.15) is 43.2 Å². The largest absolute Gasteiger partial charge is 0.316 e. The standard InChI is InChI=1S/C17H24N2/c1-11-7-14-13(10-18-6)9-16(17(3,4)5)19-15(14)8-12(11)2/h7-9,18H,10H2,1-6H3. The van der Waals surface area contributed by atoms with E-state index in [-0.39, 0.29) is 5.41 Å². The van der Waals surface area contributed by atoms with Crippen LogP contribution in [0.2, 0.25) is 0 Å². The normalized spacial score (nSPS) is 12.1. The van der Waals surface area contributed by atoms with Gasteiger partial charge >= 0.3 is 0 Å².